The first-order valence-electron chi connectivity index (χ1n) is 11.3. The Balaban J connectivity index is 1.42. The van der Waals surface area contributed by atoms with Gasteiger partial charge in [0.25, 0.3) is 5.91 Å². The summed E-state index contributed by atoms with van der Waals surface area (Å²) in [4.78, 5) is 14.7. The maximum absolute atomic E-state index is 13.8. The third kappa shape index (κ3) is 6.13. The van der Waals surface area contributed by atoms with E-state index in [-0.39, 0.29) is 23.2 Å². The third-order valence-electron chi connectivity index (χ3n) is 5.65. The summed E-state index contributed by atoms with van der Waals surface area (Å²) in [5.41, 5.74) is -0.869. The van der Waals surface area contributed by atoms with Crippen LogP contribution in [0, 0.1) is 0 Å². The fourth-order valence-corrected chi connectivity index (χ4v) is 3.92. The summed E-state index contributed by atoms with van der Waals surface area (Å²) in [6, 6.07) is 11.8. The Labute approximate surface area is 195 Å². The highest BCUT2D eigenvalue weighted by molar-refractivity contribution is 6.04. The molecular weight excluding hydrogens is 447 g/mol. The third-order valence-corrected chi connectivity index (χ3v) is 5.65. The zero-order valence-corrected chi connectivity index (χ0v) is 18.6. The van der Waals surface area contributed by atoms with Crippen LogP contribution in [0.15, 0.2) is 52.9 Å². The molecule has 2 N–H and O–H groups in total. The molecule has 0 atom stereocenters. The SMILES string of the molecule is O=C(Nc1ccc(-c2nnc(NCCCN3CCCCC3)o2)c(C(F)(F)F)c1)c1ccccc1. The molecule has 0 saturated carbocycles. The number of halogens is 3. The van der Waals surface area contributed by atoms with Crippen LogP contribution in [0.4, 0.5) is 24.9 Å². The van der Waals surface area contributed by atoms with Gasteiger partial charge in [-0.05, 0) is 69.2 Å². The van der Waals surface area contributed by atoms with Gasteiger partial charge in [0.2, 0.25) is 5.89 Å². The largest absolute Gasteiger partial charge is 0.417 e. The Morgan fingerprint density at radius 2 is 1.79 bits per heavy atom. The standard InChI is InChI=1S/C24H26F3N5O2/c25-24(26,27)20-16-18(29-21(33)17-8-3-1-4-9-17)10-11-19(20)22-30-31-23(34-22)28-12-7-15-32-13-5-2-6-14-32/h1,3-4,8-11,16H,2,5-7,12-15H2,(H,28,31)(H,29,33). The molecule has 1 amide bonds. The van der Waals surface area contributed by atoms with E-state index in [1.807, 2.05) is 0 Å². The van der Waals surface area contributed by atoms with Crippen LogP contribution in [-0.4, -0.2) is 47.2 Å². The van der Waals surface area contributed by atoms with Crippen LogP contribution in [-0.2, 0) is 6.18 Å². The number of aromatic nitrogens is 2. The van der Waals surface area contributed by atoms with Crippen LogP contribution in [0.2, 0.25) is 0 Å². The van der Waals surface area contributed by atoms with Crippen LogP contribution >= 0.6 is 0 Å². The van der Waals surface area contributed by atoms with E-state index in [1.165, 1.54) is 31.4 Å². The predicted molar refractivity (Wildman–Crippen MR) is 123 cm³/mol. The molecule has 34 heavy (non-hydrogen) atoms. The van der Waals surface area contributed by atoms with Crippen LogP contribution in [0.25, 0.3) is 11.5 Å². The van der Waals surface area contributed by atoms with E-state index in [2.05, 4.69) is 25.7 Å². The van der Waals surface area contributed by atoms with Crippen LogP contribution < -0.4 is 10.6 Å². The summed E-state index contributed by atoms with van der Waals surface area (Å²) in [7, 11) is 0. The molecule has 2 heterocycles. The van der Waals surface area contributed by atoms with Gasteiger partial charge in [-0.3, -0.25) is 4.79 Å². The lowest BCUT2D eigenvalue weighted by Gasteiger charge is -2.26. The predicted octanol–water partition coefficient (Wildman–Crippen LogP) is 5.30. The van der Waals surface area contributed by atoms with Gasteiger partial charge in [-0.1, -0.05) is 29.7 Å². The molecule has 1 saturated heterocycles. The van der Waals surface area contributed by atoms with Crippen molar-refractivity contribution in [2.24, 2.45) is 0 Å². The number of anilines is 2. The first-order chi connectivity index (χ1) is 16.4. The second-order valence-corrected chi connectivity index (χ2v) is 8.17. The fourth-order valence-electron chi connectivity index (χ4n) is 3.92. The molecule has 0 unspecified atom stereocenters. The first-order valence-corrected chi connectivity index (χ1v) is 11.3. The summed E-state index contributed by atoms with van der Waals surface area (Å²) in [5, 5.41) is 13.1. The number of nitrogens with one attached hydrogen (secondary N) is 2. The van der Waals surface area contributed by atoms with Crippen molar-refractivity contribution in [2.75, 3.05) is 36.8 Å². The number of nitrogens with zero attached hydrogens (tertiary/aromatic N) is 3. The normalized spacial score (nSPS) is 14.7. The number of alkyl halides is 3. The molecule has 2 aromatic carbocycles. The summed E-state index contributed by atoms with van der Waals surface area (Å²) in [6.07, 6.45) is -0.103. The summed E-state index contributed by atoms with van der Waals surface area (Å²) in [6.45, 7) is 3.73. The molecule has 10 heteroatoms. The topological polar surface area (TPSA) is 83.3 Å². The number of likely N-dealkylation sites (tertiary alicyclic amines) is 1. The number of benzene rings is 2. The van der Waals surface area contributed by atoms with Crippen molar-refractivity contribution in [3.8, 4) is 11.5 Å². The lowest BCUT2D eigenvalue weighted by molar-refractivity contribution is -0.137. The van der Waals surface area contributed by atoms with Crippen molar-refractivity contribution in [1.82, 2.24) is 15.1 Å². The van der Waals surface area contributed by atoms with Crippen molar-refractivity contribution in [2.45, 2.75) is 31.9 Å². The van der Waals surface area contributed by atoms with E-state index in [1.54, 1.807) is 30.3 Å². The minimum atomic E-state index is -4.68. The van der Waals surface area contributed by atoms with Crippen molar-refractivity contribution >= 4 is 17.6 Å². The molecule has 1 fully saturated rings. The number of piperidine rings is 1. The molecular formula is C24H26F3N5O2. The monoisotopic (exact) mass is 473 g/mol. The number of carbonyl (C=O) groups excluding carboxylic acids is 1. The summed E-state index contributed by atoms with van der Waals surface area (Å²) >= 11 is 0. The number of rotatable bonds is 8. The van der Waals surface area contributed by atoms with Crippen molar-refractivity contribution in [1.29, 1.82) is 0 Å². The van der Waals surface area contributed by atoms with Crippen molar-refractivity contribution < 1.29 is 22.4 Å². The highest BCUT2D eigenvalue weighted by atomic mass is 19.4. The zero-order valence-electron chi connectivity index (χ0n) is 18.6. The van der Waals surface area contributed by atoms with Gasteiger partial charge in [-0.2, -0.15) is 13.2 Å². The zero-order chi connectivity index (χ0) is 24.0. The molecule has 1 aliphatic heterocycles. The van der Waals surface area contributed by atoms with Gasteiger partial charge in [-0.15, -0.1) is 5.10 Å². The molecule has 1 aliphatic rings. The molecule has 0 radical (unpaired) electrons. The summed E-state index contributed by atoms with van der Waals surface area (Å²) < 4.78 is 46.8. The first kappa shape index (κ1) is 23.7. The molecule has 180 valence electrons. The highest BCUT2D eigenvalue weighted by Crippen LogP contribution is 2.38. The van der Waals surface area contributed by atoms with E-state index < -0.39 is 17.6 Å². The van der Waals surface area contributed by atoms with E-state index >= 15 is 0 Å². The van der Waals surface area contributed by atoms with Crippen molar-refractivity contribution in [3.05, 3.63) is 59.7 Å². The van der Waals surface area contributed by atoms with Gasteiger partial charge in [-0.25, -0.2) is 0 Å². The molecule has 3 aromatic rings. The number of hydrogen-bond donors (Lipinski definition) is 2. The molecule has 1 aromatic heterocycles. The van der Waals surface area contributed by atoms with E-state index in [0.29, 0.717) is 12.1 Å². The Bertz CT molecular complexity index is 1100. The molecule has 0 spiro atoms. The van der Waals surface area contributed by atoms with Gasteiger partial charge in [0.15, 0.2) is 0 Å². The Hall–Kier alpha value is -3.40. The number of amides is 1. The van der Waals surface area contributed by atoms with Gasteiger partial charge in [0.05, 0.1) is 11.1 Å². The average Bonchev–Trinajstić information content (AvgIpc) is 3.31. The van der Waals surface area contributed by atoms with E-state index in [4.69, 9.17) is 4.42 Å². The Kier molecular flexibility index (Phi) is 7.46. The van der Waals surface area contributed by atoms with Gasteiger partial charge in [0.1, 0.15) is 0 Å². The van der Waals surface area contributed by atoms with Gasteiger partial charge in [0, 0.05) is 17.8 Å². The smallest absolute Gasteiger partial charge is 0.403 e. The van der Waals surface area contributed by atoms with E-state index in [9.17, 15) is 18.0 Å². The minimum Gasteiger partial charge on any atom is -0.403 e. The average molecular weight is 473 g/mol. The highest BCUT2D eigenvalue weighted by Gasteiger charge is 2.35. The number of carbonyl (C=O) groups is 1. The number of hydrogen-bond acceptors (Lipinski definition) is 6. The minimum absolute atomic E-state index is 0.0144. The fraction of sp³-hybridized carbons (Fsp3) is 0.375. The van der Waals surface area contributed by atoms with Gasteiger partial charge >= 0.3 is 12.2 Å². The molecule has 7 nitrogen and oxygen atoms in total. The quantitative estimate of drug-likeness (QED) is 0.432. The maximum Gasteiger partial charge on any atom is 0.417 e. The Morgan fingerprint density at radius 3 is 2.53 bits per heavy atom. The second-order valence-electron chi connectivity index (χ2n) is 8.17. The lowest BCUT2D eigenvalue weighted by atomic mass is 10.1. The van der Waals surface area contributed by atoms with Crippen LogP contribution in [0.5, 0.6) is 0 Å². The van der Waals surface area contributed by atoms with Crippen LogP contribution in [0.1, 0.15) is 41.6 Å². The lowest BCUT2D eigenvalue weighted by Crippen LogP contribution is -2.31. The summed E-state index contributed by atoms with van der Waals surface area (Å²) in [5.74, 6) is -0.748. The molecule has 0 bridgehead atoms. The second kappa shape index (κ2) is 10.7. The Morgan fingerprint density at radius 1 is 1.03 bits per heavy atom. The van der Waals surface area contributed by atoms with Crippen molar-refractivity contribution in [3.63, 3.8) is 0 Å². The molecule has 4 rings (SSSR count). The maximum atomic E-state index is 13.8. The van der Waals surface area contributed by atoms with Gasteiger partial charge < -0.3 is 20.0 Å². The molecule has 0 aliphatic carbocycles. The van der Waals surface area contributed by atoms with Crippen LogP contribution in [0.3, 0.4) is 0 Å². The van der Waals surface area contributed by atoms with E-state index in [0.717, 1.165) is 32.1 Å².